The van der Waals surface area contributed by atoms with E-state index in [1.54, 1.807) is 18.2 Å². The number of carboxylic acids is 1. The molecule has 2 unspecified atom stereocenters. The zero-order chi connectivity index (χ0) is 15.8. The normalized spacial score (nSPS) is 22.3. The van der Waals surface area contributed by atoms with Gasteiger partial charge in [0, 0.05) is 5.69 Å². The monoisotopic (exact) mass is 327 g/mol. The van der Waals surface area contributed by atoms with E-state index in [1.807, 2.05) is 13.8 Å². The maximum Gasteiger partial charge on any atom is 0.335 e. The van der Waals surface area contributed by atoms with Crippen molar-refractivity contribution in [3.8, 4) is 0 Å². The number of allylic oxidation sites excluding steroid dienone is 1. The number of carbonyl (C=O) groups excluding carboxylic acids is 1. The van der Waals surface area contributed by atoms with Gasteiger partial charge >= 0.3 is 5.97 Å². The van der Waals surface area contributed by atoms with E-state index in [2.05, 4.69) is 5.32 Å². The van der Waals surface area contributed by atoms with Gasteiger partial charge < -0.3 is 10.4 Å². The summed E-state index contributed by atoms with van der Waals surface area (Å²) in [6.45, 7) is 3.95. The Morgan fingerprint density at radius 3 is 2.29 bits per heavy atom. The summed E-state index contributed by atoms with van der Waals surface area (Å²) in [7, 11) is 0. The van der Waals surface area contributed by atoms with Crippen molar-refractivity contribution in [2.45, 2.75) is 13.8 Å². The summed E-state index contributed by atoms with van der Waals surface area (Å²) in [5.41, 5.74) is 0.544. The van der Waals surface area contributed by atoms with Crippen LogP contribution in [0.1, 0.15) is 24.2 Å². The number of hydrogen-bond acceptors (Lipinski definition) is 2. The molecule has 2 atom stereocenters. The Labute approximate surface area is 132 Å². The van der Waals surface area contributed by atoms with Gasteiger partial charge in [-0.05, 0) is 41.7 Å². The van der Waals surface area contributed by atoms with Gasteiger partial charge in [-0.3, -0.25) is 4.79 Å². The van der Waals surface area contributed by atoms with Crippen LogP contribution in [0.4, 0.5) is 5.69 Å². The minimum absolute atomic E-state index is 0.000734. The van der Waals surface area contributed by atoms with E-state index in [0.717, 1.165) is 0 Å². The molecule has 6 heteroatoms. The number of hydrogen-bond donors (Lipinski definition) is 2. The van der Waals surface area contributed by atoms with E-state index >= 15 is 0 Å². The molecule has 1 aliphatic rings. The Morgan fingerprint density at radius 2 is 1.81 bits per heavy atom. The SMILES string of the molecule is CC1(C)C(C=C(Cl)Cl)C1C(=O)Nc1ccc(C(=O)O)cc1. The highest BCUT2D eigenvalue weighted by molar-refractivity contribution is 6.55. The van der Waals surface area contributed by atoms with Gasteiger partial charge in [0.2, 0.25) is 5.91 Å². The number of benzene rings is 1. The van der Waals surface area contributed by atoms with E-state index < -0.39 is 5.97 Å². The summed E-state index contributed by atoms with van der Waals surface area (Å²) in [5, 5.41) is 11.6. The summed E-state index contributed by atoms with van der Waals surface area (Å²) < 4.78 is 0.161. The Bertz CT molecular complexity index is 604. The lowest BCUT2D eigenvalue weighted by Gasteiger charge is -2.06. The topological polar surface area (TPSA) is 66.4 Å². The molecular formula is C15H15Cl2NO3. The largest absolute Gasteiger partial charge is 0.478 e. The molecule has 4 nitrogen and oxygen atoms in total. The number of anilines is 1. The van der Waals surface area contributed by atoms with Gasteiger partial charge in [-0.25, -0.2) is 4.79 Å². The molecule has 1 saturated carbocycles. The van der Waals surface area contributed by atoms with Crippen LogP contribution >= 0.6 is 23.2 Å². The first-order valence-electron chi connectivity index (χ1n) is 6.40. The second kappa shape index (κ2) is 5.70. The number of amides is 1. The summed E-state index contributed by atoms with van der Waals surface area (Å²) in [5.74, 6) is -1.33. The van der Waals surface area contributed by atoms with Crippen LogP contribution in [-0.4, -0.2) is 17.0 Å². The van der Waals surface area contributed by atoms with E-state index in [0.29, 0.717) is 5.69 Å². The van der Waals surface area contributed by atoms with Crippen LogP contribution in [0.25, 0.3) is 0 Å². The molecule has 21 heavy (non-hydrogen) atoms. The minimum atomic E-state index is -1.00. The fourth-order valence-corrected chi connectivity index (χ4v) is 2.81. The first-order chi connectivity index (χ1) is 9.73. The number of carboxylic acid groups (broad SMARTS) is 1. The molecule has 2 N–H and O–H groups in total. The molecule has 2 rings (SSSR count). The second-order valence-electron chi connectivity index (χ2n) is 5.65. The molecule has 0 aliphatic heterocycles. The number of aromatic carboxylic acids is 1. The molecule has 0 aromatic heterocycles. The van der Waals surface area contributed by atoms with Crippen LogP contribution in [0.3, 0.4) is 0 Å². The highest BCUT2D eigenvalue weighted by Gasteiger charge is 2.60. The van der Waals surface area contributed by atoms with Crippen molar-refractivity contribution in [3.63, 3.8) is 0 Å². The molecule has 1 aliphatic carbocycles. The number of halogens is 2. The molecule has 1 amide bonds. The van der Waals surface area contributed by atoms with Gasteiger partial charge in [-0.15, -0.1) is 0 Å². The molecule has 1 fully saturated rings. The van der Waals surface area contributed by atoms with E-state index in [4.69, 9.17) is 28.3 Å². The van der Waals surface area contributed by atoms with Crippen LogP contribution in [0.15, 0.2) is 34.8 Å². The van der Waals surface area contributed by atoms with Gasteiger partial charge in [0.15, 0.2) is 0 Å². The second-order valence-corrected chi connectivity index (χ2v) is 6.66. The summed E-state index contributed by atoms with van der Waals surface area (Å²) in [6.07, 6.45) is 1.68. The molecule has 0 heterocycles. The number of rotatable bonds is 4. The fraction of sp³-hybridized carbons (Fsp3) is 0.333. The fourth-order valence-electron chi connectivity index (χ4n) is 2.54. The molecular weight excluding hydrogens is 313 g/mol. The Morgan fingerprint density at radius 1 is 1.24 bits per heavy atom. The molecule has 112 valence electrons. The Hall–Kier alpha value is -1.52. The predicted octanol–water partition coefficient (Wildman–Crippen LogP) is 3.91. The lowest BCUT2D eigenvalue weighted by Crippen LogP contribution is -2.16. The average molecular weight is 328 g/mol. The van der Waals surface area contributed by atoms with Gasteiger partial charge in [-0.1, -0.05) is 37.0 Å². The van der Waals surface area contributed by atoms with Crippen molar-refractivity contribution in [2.24, 2.45) is 17.3 Å². The number of nitrogens with one attached hydrogen (secondary N) is 1. The molecule has 0 bridgehead atoms. The van der Waals surface area contributed by atoms with Gasteiger partial charge in [-0.2, -0.15) is 0 Å². The zero-order valence-electron chi connectivity index (χ0n) is 11.6. The van der Waals surface area contributed by atoms with Gasteiger partial charge in [0.05, 0.1) is 11.5 Å². The summed E-state index contributed by atoms with van der Waals surface area (Å²) in [4.78, 5) is 23.0. The van der Waals surface area contributed by atoms with Crippen molar-refractivity contribution >= 4 is 40.8 Å². The number of carbonyl (C=O) groups is 2. The van der Waals surface area contributed by atoms with Crippen molar-refractivity contribution in [2.75, 3.05) is 5.32 Å². The molecule has 0 radical (unpaired) electrons. The zero-order valence-corrected chi connectivity index (χ0v) is 13.1. The third-order valence-electron chi connectivity index (χ3n) is 3.90. The van der Waals surface area contributed by atoms with E-state index in [9.17, 15) is 9.59 Å². The van der Waals surface area contributed by atoms with Crippen molar-refractivity contribution < 1.29 is 14.7 Å². The van der Waals surface area contributed by atoms with Crippen molar-refractivity contribution in [3.05, 3.63) is 40.4 Å². The molecule has 1 aromatic carbocycles. The maximum absolute atomic E-state index is 12.3. The standard InChI is InChI=1S/C15H15Cl2NO3/c1-15(2)10(7-11(16)17)12(15)13(19)18-9-5-3-8(4-6-9)14(20)21/h3-7,10,12H,1-2H3,(H,18,19)(H,20,21). The third-order valence-corrected chi connectivity index (χ3v) is 4.15. The van der Waals surface area contributed by atoms with Crippen molar-refractivity contribution in [1.29, 1.82) is 0 Å². The molecule has 0 saturated heterocycles. The van der Waals surface area contributed by atoms with Crippen molar-refractivity contribution in [1.82, 2.24) is 0 Å². The van der Waals surface area contributed by atoms with Gasteiger partial charge in [0.25, 0.3) is 0 Å². The maximum atomic E-state index is 12.3. The summed E-state index contributed by atoms with van der Waals surface area (Å²) in [6, 6.07) is 6.03. The van der Waals surface area contributed by atoms with Gasteiger partial charge in [0.1, 0.15) is 4.49 Å². The smallest absolute Gasteiger partial charge is 0.335 e. The minimum Gasteiger partial charge on any atom is -0.478 e. The quantitative estimate of drug-likeness (QED) is 0.880. The predicted molar refractivity (Wildman–Crippen MR) is 82.6 cm³/mol. The van der Waals surface area contributed by atoms with Crippen LogP contribution in [0.2, 0.25) is 0 Å². The highest BCUT2D eigenvalue weighted by atomic mass is 35.5. The summed E-state index contributed by atoms with van der Waals surface area (Å²) >= 11 is 11.3. The molecule has 1 aromatic rings. The molecule has 0 spiro atoms. The van der Waals surface area contributed by atoms with Crippen LogP contribution in [0, 0.1) is 17.3 Å². The van der Waals surface area contributed by atoms with Crippen LogP contribution in [-0.2, 0) is 4.79 Å². The average Bonchev–Trinajstić information content (AvgIpc) is 2.90. The van der Waals surface area contributed by atoms with Crippen LogP contribution < -0.4 is 5.32 Å². The third kappa shape index (κ3) is 3.39. The van der Waals surface area contributed by atoms with E-state index in [1.165, 1.54) is 12.1 Å². The van der Waals surface area contributed by atoms with Crippen LogP contribution in [0.5, 0.6) is 0 Å². The Kier molecular flexibility index (Phi) is 4.30. The lowest BCUT2D eigenvalue weighted by molar-refractivity contribution is -0.118. The van der Waals surface area contributed by atoms with E-state index in [-0.39, 0.29) is 33.2 Å². The lowest BCUT2D eigenvalue weighted by atomic mass is 10.1. The first-order valence-corrected chi connectivity index (χ1v) is 7.16. The Balaban J connectivity index is 2.05. The first kappa shape index (κ1) is 15.9. The highest BCUT2D eigenvalue weighted by Crippen LogP contribution is 2.59.